The summed E-state index contributed by atoms with van der Waals surface area (Å²) in [6, 6.07) is 26.2. The highest BCUT2D eigenvalue weighted by Gasteiger charge is 2.23. The quantitative estimate of drug-likeness (QED) is 0.379. The van der Waals surface area contributed by atoms with Crippen molar-refractivity contribution < 1.29 is 9.53 Å². The van der Waals surface area contributed by atoms with Gasteiger partial charge >= 0.3 is 0 Å². The smallest absolute Gasteiger partial charge is 0.234 e. The van der Waals surface area contributed by atoms with Crippen LogP contribution in [-0.4, -0.2) is 52.7 Å². The first-order valence-corrected chi connectivity index (χ1v) is 12.6. The summed E-state index contributed by atoms with van der Waals surface area (Å²) in [6.45, 7) is 4.91. The number of carbonyl (C=O) groups excluding carboxylic acids is 1. The SMILES string of the molecule is Cc1ccccc1-n1c(SCC(=O)Nc2ccc(-c3ccccc3)cc2)nnc1N1CCOCC1. The van der Waals surface area contributed by atoms with Crippen LogP contribution in [0.15, 0.2) is 84.0 Å². The van der Waals surface area contributed by atoms with E-state index in [1.54, 1.807) is 0 Å². The first-order valence-electron chi connectivity index (χ1n) is 11.6. The Morgan fingerprint density at radius 1 is 0.914 bits per heavy atom. The summed E-state index contributed by atoms with van der Waals surface area (Å²) in [5, 5.41) is 12.6. The monoisotopic (exact) mass is 485 g/mol. The maximum atomic E-state index is 12.7. The van der Waals surface area contributed by atoms with Crippen LogP contribution in [0.25, 0.3) is 16.8 Å². The van der Waals surface area contributed by atoms with Gasteiger partial charge in [0, 0.05) is 18.8 Å². The molecule has 35 heavy (non-hydrogen) atoms. The second-order valence-electron chi connectivity index (χ2n) is 8.28. The van der Waals surface area contributed by atoms with Crippen molar-refractivity contribution in [3.8, 4) is 16.8 Å². The van der Waals surface area contributed by atoms with Gasteiger partial charge in [-0.1, -0.05) is 72.4 Å². The number of para-hydroxylation sites is 1. The Bertz CT molecular complexity index is 1280. The van der Waals surface area contributed by atoms with Crippen molar-refractivity contribution in [3.05, 3.63) is 84.4 Å². The normalized spacial score (nSPS) is 13.6. The van der Waals surface area contributed by atoms with Crippen LogP contribution in [0.3, 0.4) is 0 Å². The van der Waals surface area contributed by atoms with Crippen LogP contribution in [0.5, 0.6) is 0 Å². The largest absolute Gasteiger partial charge is 0.378 e. The van der Waals surface area contributed by atoms with Crippen LogP contribution in [0.1, 0.15) is 5.56 Å². The maximum absolute atomic E-state index is 12.7. The Morgan fingerprint density at radius 2 is 1.60 bits per heavy atom. The molecule has 1 fully saturated rings. The minimum Gasteiger partial charge on any atom is -0.378 e. The lowest BCUT2D eigenvalue weighted by Gasteiger charge is -2.28. The Balaban J connectivity index is 1.30. The summed E-state index contributed by atoms with van der Waals surface area (Å²) in [5.74, 6) is 0.921. The summed E-state index contributed by atoms with van der Waals surface area (Å²) in [4.78, 5) is 14.9. The molecule has 8 heteroatoms. The highest BCUT2D eigenvalue weighted by atomic mass is 32.2. The Hall–Kier alpha value is -3.62. The number of nitrogens with zero attached hydrogens (tertiary/aromatic N) is 4. The zero-order chi connectivity index (χ0) is 24.0. The minimum absolute atomic E-state index is 0.0882. The Kier molecular flexibility index (Phi) is 7.11. The molecule has 0 radical (unpaired) electrons. The van der Waals surface area contributed by atoms with Crippen LogP contribution in [0.2, 0.25) is 0 Å². The topological polar surface area (TPSA) is 72.3 Å². The number of anilines is 2. The highest BCUT2D eigenvalue weighted by Crippen LogP contribution is 2.29. The second kappa shape index (κ2) is 10.8. The third-order valence-corrected chi connectivity index (χ3v) is 6.80. The van der Waals surface area contributed by atoms with E-state index in [4.69, 9.17) is 4.74 Å². The van der Waals surface area contributed by atoms with E-state index in [2.05, 4.69) is 51.6 Å². The number of ether oxygens (including phenoxy) is 1. The Morgan fingerprint density at radius 3 is 2.34 bits per heavy atom. The van der Waals surface area contributed by atoms with Gasteiger partial charge in [0.15, 0.2) is 5.16 Å². The van der Waals surface area contributed by atoms with E-state index in [-0.39, 0.29) is 11.7 Å². The van der Waals surface area contributed by atoms with Gasteiger partial charge in [-0.05, 0) is 41.8 Å². The molecule has 0 saturated carbocycles. The van der Waals surface area contributed by atoms with Crippen molar-refractivity contribution in [2.75, 3.05) is 42.3 Å². The number of hydrogen-bond donors (Lipinski definition) is 1. The molecular formula is C27H27N5O2S. The molecule has 7 nitrogen and oxygen atoms in total. The van der Waals surface area contributed by atoms with Crippen LogP contribution in [0, 0.1) is 6.92 Å². The number of benzene rings is 3. The first kappa shape index (κ1) is 23.1. The van der Waals surface area contributed by atoms with Crippen molar-refractivity contribution in [2.24, 2.45) is 0 Å². The molecule has 0 unspecified atom stereocenters. The molecule has 1 aromatic heterocycles. The number of morpholine rings is 1. The Labute approximate surface area is 209 Å². The van der Waals surface area contributed by atoms with Gasteiger partial charge in [-0.2, -0.15) is 0 Å². The van der Waals surface area contributed by atoms with E-state index in [1.165, 1.54) is 11.8 Å². The van der Waals surface area contributed by atoms with Crippen molar-refractivity contribution in [3.63, 3.8) is 0 Å². The van der Waals surface area contributed by atoms with Gasteiger partial charge in [0.2, 0.25) is 11.9 Å². The van der Waals surface area contributed by atoms with Gasteiger partial charge in [-0.3, -0.25) is 9.36 Å². The highest BCUT2D eigenvalue weighted by molar-refractivity contribution is 7.99. The average molecular weight is 486 g/mol. The fourth-order valence-electron chi connectivity index (χ4n) is 4.05. The molecule has 1 aliphatic rings. The fourth-order valence-corrected chi connectivity index (χ4v) is 4.79. The van der Waals surface area contributed by atoms with E-state index in [1.807, 2.05) is 59.2 Å². The van der Waals surface area contributed by atoms with Crippen LogP contribution in [-0.2, 0) is 9.53 Å². The molecule has 0 atom stereocenters. The van der Waals surface area contributed by atoms with Gasteiger partial charge in [-0.25, -0.2) is 0 Å². The first-order chi connectivity index (χ1) is 17.2. The van der Waals surface area contributed by atoms with Gasteiger partial charge in [-0.15, -0.1) is 10.2 Å². The van der Waals surface area contributed by atoms with Crippen LogP contribution in [0.4, 0.5) is 11.6 Å². The number of aryl methyl sites for hydroxylation is 1. The molecule has 0 bridgehead atoms. The molecule has 0 aliphatic carbocycles. The van der Waals surface area contributed by atoms with E-state index in [0.29, 0.717) is 18.4 Å². The van der Waals surface area contributed by atoms with Crippen LogP contribution >= 0.6 is 11.8 Å². The van der Waals surface area contributed by atoms with Crippen molar-refractivity contribution in [1.29, 1.82) is 0 Å². The molecule has 1 aliphatic heterocycles. The predicted octanol–water partition coefficient (Wildman–Crippen LogP) is 4.81. The number of rotatable bonds is 7. The third-order valence-electron chi connectivity index (χ3n) is 5.87. The van der Waals surface area contributed by atoms with E-state index >= 15 is 0 Å². The zero-order valence-corrected chi connectivity index (χ0v) is 20.4. The molecule has 5 rings (SSSR count). The van der Waals surface area contributed by atoms with Crippen molar-refractivity contribution >= 4 is 29.3 Å². The fraction of sp³-hybridized carbons (Fsp3) is 0.222. The number of aromatic nitrogens is 3. The lowest BCUT2D eigenvalue weighted by Crippen LogP contribution is -2.38. The van der Waals surface area contributed by atoms with Crippen molar-refractivity contribution in [2.45, 2.75) is 12.1 Å². The second-order valence-corrected chi connectivity index (χ2v) is 9.23. The van der Waals surface area contributed by atoms with Crippen LogP contribution < -0.4 is 10.2 Å². The molecule has 3 aromatic carbocycles. The number of nitrogens with one attached hydrogen (secondary N) is 1. The standard InChI is InChI=1S/C27H27N5O2S/c1-20-7-5-6-10-24(20)32-26(31-15-17-34-18-16-31)29-30-27(32)35-19-25(33)28-23-13-11-22(12-14-23)21-8-3-2-4-9-21/h2-14H,15-19H2,1H3,(H,28,33). The number of thioether (sulfide) groups is 1. The average Bonchev–Trinajstić information content (AvgIpc) is 3.33. The summed E-state index contributed by atoms with van der Waals surface area (Å²) in [6.07, 6.45) is 0. The third kappa shape index (κ3) is 5.39. The molecule has 2 heterocycles. The van der Waals surface area contributed by atoms with E-state index in [0.717, 1.165) is 47.1 Å². The van der Waals surface area contributed by atoms with E-state index in [9.17, 15) is 4.79 Å². The lowest BCUT2D eigenvalue weighted by molar-refractivity contribution is -0.113. The minimum atomic E-state index is -0.0882. The summed E-state index contributed by atoms with van der Waals surface area (Å²) < 4.78 is 7.56. The predicted molar refractivity (Wildman–Crippen MR) is 140 cm³/mol. The molecule has 1 amide bonds. The van der Waals surface area contributed by atoms with Gasteiger partial charge in [0.25, 0.3) is 0 Å². The molecule has 0 spiro atoms. The van der Waals surface area contributed by atoms with Crippen molar-refractivity contribution in [1.82, 2.24) is 14.8 Å². The maximum Gasteiger partial charge on any atom is 0.234 e. The van der Waals surface area contributed by atoms with Gasteiger partial charge in [0.1, 0.15) is 0 Å². The number of amides is 1. The lowest BCUT2D eigenvalue weighted by atomic mass is 10.1. The summed E-state index contributed by atoms with van der Waals surface area (Å²) in [7, 11) is 0. The zero-order valence-electron chi connectivity index (χ0n) is 19.6. The number of hydrogen-bond acceptors (Lipinski definition) is 6. The summed E-state index contributed by atoms with van der Waals surface area (Å²) >= 11 is 1.38. The van der Waals surface area contributed by atoms with E-state index < -0.39 is 0 Å². The summed E-state index contributed by atoms with van der Waals surface area (Å²) in [5.41, 5.74) is 5.15. The molecular weight excluding hydrogens is 458 g/mol. The molecule has 1 N–H and O–H groups in total. The molecule has 4 aromatic rings. The number of carbonyl (C=O) groups is 1. The van der Waals surface area contributed by atoms with Gasteiger partial charge in [0.05, 0.1) is 24.7 Å². The van der Waals surface area contributed by atoms with Gasteiger partial charge < -0.3 is 15.0 Å². The molecule has 178 valence electrons. The molecule has 1 saturated heterocycles.